The van der Waals surface area contributed by atoms with Crippen molar-refractivity contribution in [2.75, 3.05) is 19.6 Å². The number of nitrogens with two attached hydrogens (primary N) is 1. The average Bonchev–Trinajstić information content (AvgIpc) is 3.06. The molecule has 1 saturated carbocycles. The van der Waals surface area contributed by atoms with E-state index < -0.39 is 0 Å². The third-order valence-electron chi connectivity index (χ3n) is 3.63. The molecule has 18 heavy (non-hydrogen) atoms. The Balaban J connectivity index is 1.81. The van der Waals surface area contributed by atoms with Crippen molar-refractivity contribution in [3.8, 4) is 0 Å². The van der Waals surface area contributed by atoms with Crippen LogP contribution in [0.25, 0.3) is 0 Å². The maximum absolute atomic E-state index is 6.05. The highest BCUT2D eigenvalue weighted by Crippen LogP contribution is 2.36. The second-order valence-electron chi connectivity index (χ2n) is 5.11. The summed E-state index contributed by atoms with van der Waals surface area (Å²) in [6.07, 6.45) is 4.42. The molecule has 1 unspecified atom stereocenters. The standard InChI is InChI=1S/C13H24N4O/c1-3-17(4-2)8-7-12-15-13(18-16-12)11(14)9-10-5-6-10/h10-11H,3-9,14H2,1-2H3. The van der Waals surface area contributed by atoms with Gasteiger partial charge in [-0.15, -0.1) is 0 Å². The molecule has 0 spiro atoms. The zero-order valence-corrected chi connectivity index (χ0v) is 11.4. The van der Waals surface area contributed by atoms with Crippen LogP contribution in [0.5, 0.6) is 0 Å². The number of rotatable bonds is 8. The van der Waals surface area contributed by atoms with Gasteiger partial charge in [0.1, 0.15) is 0 Å². The molecule has 102 valence electrons. The van der Waals surface area contributed by atoms with E-state index in [9.17, 15) is 0 Å². The monoisotopic (exact) mass is 252 g/mol. The minimum atomic E-state index is -0.0767. The Labute approximate surface area is 109 Å². The van der Waals surface area contributed by atoms with Crippen LogP contribution in [0.3, 0.4) is 0 Å². The lowest BCUT2D eigenvalue weighted by molar-refractivity contribution is 0.301. The Hall–Kier alpha value is -0.940. The van der Waals surface area contributed by atoms with E-state index in [1.165, 1.54) is 12.8 Å². The lowest BCUT2D eigenvalue weighted by atomic mass is 10.1. The minimum Gasteiger partial charge on any atom is -0.338 e. The highest BCUT2D eigenvalue weighted by Gasteiger charge is 2.27. The van der Waals surface area contributed by atoms with Crippen LogP contribution in [0, 0.1) is 5.92 Å². The highest BCUT2D eigenvalue weighted by molar-refractivity contribution is 4.94. The molecule has 2 rings (SSSR count). The number of hydrogen-bond donors (Lipinski definition) is 1. The van der Waals surface area contributed by atoms with Crippen molar-refractivity contribution in [2.24, 2.45) is 11.7 Å². The number of hydrogen-bond acceptors (Lipinski definition) is 5. The summed E-state index contributed by atoms with van der Waals surface area (Å²) in [5, 5.41) is 4.01. The third-order valence-corrected chi connectivity index (χ3v) is 3.63. The van der Waals surface area contributed by atoms with E-state index in [4.69, 9.17) is 10.3 Å². The van der Waals surface area contributed by atoms with E-state index in [-0.39, 0.29) is 6.04 Å². The molecule has 5 nitrogen and oxygen atoms in total. The molecule has 1 fully saturated rings. The lowest BCUT2D eigenvalue weighted by Gasteiger charge is -2.16. The van der Waals surface area contributed by atoms with Gasteiger partial charge in [-0.3, -0.25) is 0 Å². The molecule has 1 aliphatic carbocycles. The van der Waals surface area contributed by atoms with Crippen molar-refractivity contribution >= 4 is 0 Å². The topological polar surface area (TPSA) is 68.2 Å². The van der Waals surface area contributed by atoms with Crippen molar-refractivity contribution in [2.45, 2.75) is 45.6 Å². The molecule has 1 atom stereocenters. The van der Waals surface area contributed by atoms with E-state index in [1.807, 2.05) is 0 Å². The number of nitrogens with zero attached hydrogens (tertiary/aromatic N) is 3. The molecule has 2 N–H and O–H groups in total. The van der Waals surface area contributed by atoms with Crippen LogP contribution in [0.1, 0.15) is 50.9 Å². The molecule has 0 aromatic carbocycles. The van der Waals surface area contributed by atoms with Gasteiger partial charge in [0.25, 0.3) is 0 Å². The normalized spacial score (nSPS) is 17.3. The summed E-state index contributed by atoms with van der Waals surface area (Å²) in [6.45, 7) is 7.42. The van der Waals surface area contributed by atoms with Crippen LogP contribution in [0.15, 0.2) is 4.52 Å². The molecule has 0 saturated heterocycles. The van der Waals surface area contributed by atoms with Crippen LogP contribution in [0.4, 0.5) is 0 Å². The number of aromatic nitrogens is 2. The maximum Gasteiger partial charge on any atom is 0.243 e. The van der Waals surface area contributed by atoms with E-state index in [2.05, 4.69) is 28.9 Å². The van der Waals surface area contributed by atoms with Crippen molar-refractivity contribution < 1.29 is 4.52 Å². The SMILES string of the molecule is CCN(CC)CCc1noc(C(N)CC2CC2)n1. The quantitative estimate of drug-likeness (QED) is 0.763. The van der Waals surface area contributed by atoms with Crippen LogP contribution < -0.4 is 5.73 Å². The van der Waals surface area contributed by atoms with Crippen molar-refractivity contribution in [1.82, 2.24) is 15.0 Å². The van der Waals surface area contributed by atoms with Crippen LogP contribution in [0.2, 0.25) is 0 Å². The third kappa shape index (κ3) is 3.78. The zero-order chi connectivity index (χ0) is 13.0. The smallest absolute Gasteiger partial charge is 0.243 e. The summed E-state index contributed by atoms with van der Waals surface area (Å²) in [4.78, 5) is 6.75. The number of likely N-dealkylation sites (N-methyl/N-ethyl adjacent to an activating group) is 1. The second kappa shape index (κ2) is 6.29. The van der Waals surface area contributed by atoms with E-state index in [1.54, 1.807) is 0 Å². The largest absolute Gasteiger partial charge is 0.338 e. The Morgan fingerprint density at radius 3 is 2.72 bits per heavy atom. The molecule has 5 heteroatoms. The van der Waals surface area contributed by atoms with Crippen LogP contribution in [-0.4, -0.2) is 34.7 Å². The van der Waals surface area contributed by atoms with Gasteiger partial charge in [-0.05, 0) is 25.4 Å². The summed E-state index contributed by atoms with van der Waals surface area (Å²) < 4.78 is 5.25. The Bertz CT molecular complexity index is 358. The summed E-state index contributed by atoms with van der Waals surface area (Å²) in [6, 6.07) is -0.0767. The Kier molecular flexibility index (Phi) is 4.72. The molecule has 1 heterocycles. The Morgan fingerprint density at radius 2 is 2.11 bits per heavy atom. The van der Waals surface area contributed by atoms with E-state index in [0.29, 0.717) is 5.89 Å². The molecule has 0 amide bonds. The summed E-state index contributed by atoms with van der Waals surface area (Å²) in [7, 11) is 0. The van der Waals surface area contributed by atoms with Gasteiger partial charge in [0.15, 0.2) is 5.82 Å². The first-order valence-corrected chi connectivity index (χ1v) is 7.03. The highest BCUT2D eigenvalue weighted by atomic mass is 16.5. The molecular formula is C13H24N4O. The van der Waals surface area contributed by atoms with Crippen LogP contribution >= 0.6 is 0 Å². The molecule has 1 aliphatic rings. The molecular weight excluding hydrogens is 228 g/mol. The maximum atomic E-state index is 6.05. The van der Waals surface area contributed by atoms with Gasteiger partial charge in [-0.1, -0.05) is 31.8 Å². The predicted molar refractivity (Wildman–Crippen MR) is 70.1 cm³/mol. The van der Waals surface area contributed by atoms with Gasteiger partial charge in [-0.2, -0.15) is 4.98 Å². The fourth-order valence-corrected chi connectivity index (χ4v) is 2.13. The molecule has 0 radical (unpaired) electrons. The van der Waals surface area contributed by atoms with E-state index in [0.717, 1.165) is 44.2 Å². The fourth-order valence-electron chi connectivity index (χ4n) is 2.13. The van der Waals surface area contributed by atoms with Crippen molar-refractivity contribution in [3.63, 3.8) is 0 Å². The van der Waals surface area contributed by atoms with Gasteiger partial charge in [0.05, 0.1) is 6.04 Å². The van der Waals surface area contributed by atoms with Gasteiger partial charge in [0.2, 0.25) is 5.89 Å². The van der Waals surface area contributed by atoms with Gasteiger partial charge in [0, 0.05) is 13.0 Å². The first-order valence-electron chi connectivity index (χ1n) is 7.03. The fraction of sp³-hybridized carbons (Fsp3) is 0.846. The zero-order valence-electron chi connectivity index (χ0n) is 11.4. The molecule has 0 aliphatic heterocycles. The van der Waals surface area contributed by atoms with Gasteiger partial charge in [-0.25, -0.2) is 0 Å². The first kappa shape index (κ1) is 13.5. The Morgan fingerprint density at radius 1 is 1.39 bits per heavy atom. The average molecular weight is 252 g/mol. The lowest BCUT2D eigenvalue weighted by Crippen LogP contribution is -2.25. The summed E-state index contributed by atoms with van der Waals surface area (Å²) >= 11 is 0. The van der Waals surface area contributed by atoms with Crippen molar-refractivity contribution in [1.29, 1.82) is 0 Å². The van der Waals surface area contributed by atoms with Crippen LogP contribution in [-0.2, 0) is 6.42 Å². The van der Waals surface area contributed by atoms with Gasteiger partial charge >= 0.3 is 0 Å². The second-order valence-corrected chi connectivity index (χ2v) is 5.11. The van der Waals surface area contributed by atoms with Crippen molar-refractivity contribution in [3.05, 3.63) is 11.7 Å². The molecule has 1 aromatic heterocycles. The first-order chi connectivity index (χ1) is 8.72. The van der Waals surface area contributed by atoms with Gasteiger partial charge < -0.3 is 15.2 Å². The van der Waals surface area contributed by atoms with E-state index >= 15 is 0 Å². The summed E-state index contributed by atoms with van der Waals surface area (Å²) in [5.74, 6) is 2.17. The summed E-state index contributed by atoms with van der Waals surface area (Å²) in [5.41, 5.74) is 6.05. The molecule has 1 aromatic rings. The molecule has 0 bridgehead atoms. The minimum absolute atomic E-state index is 0.0767. The predicted octanol–water partition coefficient (Wildman–Crippen LogP) is 1.75.